The summed E-state index contributed by atoms with van der Waals surface area (Å²) < 4.78 is 14.0. The Morgan fingerprint density at radius 2 is 1.61 bits per heavy atom. The molecule has 1 N–H and O–H groups in total. The zero-order valence-electron chi connectivity index (χ0n) is 27.2. The van der Waals surface area contributed by atoms with Crippen LogP contribution in [0.4, 0.5) is 10.1 Å². The number of rotatable bonds is 13. The minimum absolute atomic E-state index is 0.157. The highest BCUT2D eigenvalue weighted by atomic mass is 35.5. The van der Waals surface area contributed by atoms with Gasteiger partial charge in [-0.15, -0.1) is 5.73 Å². The van der Waals surface area contributed by atoms with Crippen molar-refractivity contribution in [2.45, 2.75) is 122 Å². The van der Waals surface area contributed by atoms with Gasteiger partial charge in [0.15, 0.2) is 0 Å². The van der Waals surface area contributed by atoms with Crippen LogP contribution in [0.5, 0.6) is 0 Å². The Labute approximate surface area is 271 Å². The van der Waals surface area contributed by atoms with Crippen molar-refractivity contribution in [3.63, 3.8) is 0 Å². The second-order valence-electron chi connectivity index (χ2n) is 13.4. The number of nitrogens with one attached hydrogen (secondary N) is 1. The lowest BCUT2D eigenvalue weighted by molar-refractivity contribution is 0.164. The second-order valence-corrected chi connectivity index (χ2v) is 13.8. The lowest BCUT2D eigenvalue weighted by atomic mass is 9.58. The molecule has 44 heavy (non-hydrogen) atoms. The molecule has 2 aliphatic rings. The fraction of sp³-hybridized carbons (Fsp3) is 0.488. The van der Waals surface area contributed by atoms with Gasteiger partial charge >= 0.3 is 0 Å². The summed E-state index contributed by atoms with van der Waals surface area (Å²) in [6, 6.07) is 21.6. The second kappa shape index (κ2) is 14.5. The maximum absolute atomic E-state index is 14.0. The maximum Gasteiger partial charge on any atom is 0.141 e. The predicted molar refractivity (Wildman–Crippen MR) is 186 cm³/mol. The highest BCUT2D eigenvalue weighted by molar-refractivity contribution is 6.31. The van der Waals surface area contributed by atoms with Crippen molar-refractivity contribution in [1.29, 1.82) is 0 Å². The topological polar surface area (TPSA) is 12.0 Å². The largest absolute Gasteiger partial charge is 0.375 e. The molecule has 1 atom stereocenters. The van der Waals surface area contributed by atoms with Crippen molar-refractivity contribution in [3.05, 3.63) is 117 Å². The Hall–Kier alpha value is -2.80. The van der Waals surface area contributed by atoms with E-state index in [1.54, 1.807) is 17.2 Å². The molecular formula is C41H51ClFN. The number of unbranched alkanes of at least 4 members (excludes halogenated alkanes) is 2. The number of hydrogen-bond donors (Lipinski definition) is 1. The van der Waals surface area contributed by atoms with Gasteiger partial charge in [0, 0.05) is 5.69 Å². The normalized spacial score (nSPS) is 22.5. The van der Waals surface area contributed by atoms with Crippen LogP contribution in [0.2, 0.25) is 5.02 Å². The third-order valence-electron chi connectivity index (χ3n) is 10.9. The molecule has 5 rings (SSSR count). The number of anilines is 1. The molecule has 0 amide bonds. The predicted octanol–water partition coefficient (Wildman–Crippen LogP) is 11.8. The minimum atomic E-state index is -0.383. The number of aryl methyl sites for hydroxylation is 3. The first-order valence-corrected chi connectivity index (χ1v) is 17.6. The maximum atomic E-state index is 14.0. The summed E-state index contributed by atoms with van der Waals surface area (Å²) in [6.45, 7) is 10.8. The molecule has 1 spiro atoms. The van der Waals surface area contributed by atoms with E-state index in [1.165, 1.54) is 73.3 Å². The fourth-order valence-corrected chi connectivity index (χ4v) is 8.57. The summed E-state index contributed by atoms with van der Waals surface area (Å²) in [4.78, 5) is 0. The molecule has 0 saturated heterocycles. The van der Waals surface area contributed by atoms with Crippen LogP contribution < -0.4 is 5.32 Å². The molecule has 1 unspecified atom stereocenters. The zero-order valence-corrected chi connectivity index (χ0v) is 28.0. The monoisotopic (exact) mass is 611 g/mol. The van der Waals surface area contributed by atoms with E-state index in [4.69, 9.17) is 11.6 Å². The molecular weight excluding hydrogens is 561 g/mol. The van der Waals surface area contributed by atoms with E-state index in [0.717, 1.165) is 50.6 Å². The van der Waals surface area contributed by atoms with Crippen LogP contribution >= 0.6 is 11.6 Å². The van der Waals surface area contributed by atoms with E-state index in [-0.39, 0.29) is 21.8 Å². The Balaban J connectivity index is 1.34. The molecule has 2 aliphatic carbocycles. The van der Waals surface area contributed by atoms with Gasteiger partial charge in [0.1, 0.15) is 5.82 Å². The molecule has 0 aromatic heterocycles. The van der Waals surface area contributed by atoms with Crippen LogP contribution in [0.3, 0.4) is 0 Å². The van der Waals surface area contributed by atoms with Gasteiger partial charge in [0.2, 0.25) is 0 Å². The van der Waals surface area contributed by atoms with E-state index >= 15 is 0 Å². The van der Waals surface area contributed by atoms with Crippen LogP contribution in [0.1, 0.15) is 113 Å². The molecule has 1 saturated carbocycles. The molecule has 1 fully saturated rings. The van der Waals surface area contributed by atoms with Crippen molar-refractivity contribution in [2.24, 2.45) is 5.92 Å². The van der Waals surface area contributed by atoms with Gasteiger partial charge < -0.3 is 5.32 Å². The zero-order chi connectivity index (χ0) is 31.2. The van der Waals surface area contributed by atoms with E-state index < -0.39 is 0 Å². The van der Waals surface area contributed by atoms with Gasteiger partial charge in [-0.3, -0.25) is 0 Å². The van der Waals surface area contributed by atoms with Crippen molar-refractivity contribution < 1.29 is 4.39 Å². The standard InChI is InChI=1S/C41H51ClFN/c1-5-12-32-19-20-33-28-35(14-11-9-10-13-31-17-15-30(6-2)16-18-31)40(37(33)27-32)23-25-41(26-24-40,34(7-3)8-4)44-36-21-22-39(43)38(42)29-36/h15-22,27,29,35,44H,3,5-6,8-14,23-26,28H2,1-2,4H3. The summed E-state index contributed by atoms with van der Waals surface area (Å²) in [5.41, 5.74) is 12.9. The number of benzene rings is 3. The van der Waals surface area contributed by atoms with Crippen LogP contribution in [0.25, 0.3) is 0 Å². The van der Waals surface area contributed by atoms with E-state index in [9.17, 15) is 4.39 Å². The quantitative estimate of drug-likeness (QED) is 0.150. The number of halogens is 2. The SMILES string of the molecule is C=C=C(CC)C1(Nc2ccc(F)c(Cl)c2)CCC2(CC1)c1cc(CCC)ccc1CC2CCCCCc1ccc(CC)cc1. The first-order valence-electron chi connectivity index (χ1n) is 17.2. The van der Waals surface area contributed by atoms with Crippen molar-refractivity contribution in [2.75, 3.05) is 5.32 Å². The van der Waals surface area contributed by atoms with Crippen LogP contribution in [0, 0.1) is 11.7 Å². The molecule has 234 valence electrons. The lowest BCUT2D eigenvalue weighted by Gasteiger charge is -2.49. The third kappa shape index (κ3) is 6.88. The summed E-state index contributed by atoms with van der Waals surface area (Å²) in [7, 11) is 0. The summed E-state index contributed by atoms with van der Waals surface area (Å²) in [6.07, 6.45) is 16.1. The van der Waals surface area contributed by atoms with Crippen LogP contribution in [0.15, 0.2) is 78.5 Å². The van der Waals surface area contributed by atoms with Crippen LogP contribution in [-0.4, -0.2) is 5.54 Å². The van der Waals surface area contributed by atoms with E-state index in [0.29, 0.717) is 5.92 Å². The molecule has 0 bridgehead atoms. The van der Waals surface area contributed by atoms with Crippen molar-refractivity contribution in [1.82, 2.24) is 0 Å². The molecule has 0 radical (unpaired) electrons. The Bertz CT molecular complexity index is 1460. The first kappa shape index (κ1) is 32.6. The van der Waals surface area contributed by atoms with Crippen molar-refractivity contribution >= 4 is 17.3 Å². The number of hydrogen-bond acceptors (Lipinski definition) is 1. The highest BCUT2D eigenvalue weighted by Gasteiger charge is 2.52. The summed E-state index contributed by atoms with van der Waals surface area (Å²) >= 11 is 6.21. The Morgan fingerprint density at radius 1 is 0.886 bits per heavy atom. The van der Waals surface area contributed by atoms with Gasteiger partial charge in [-0.1, -0.05) is 101 Å². The average Bonchev–Trinajstić information content (AvgIpc) is 3.33. The summed E-state index contributed by atoms with van der Waals surface area (Å²) in [5, 5.41) is 3.99. The molecule has 3 aromatic carbocycles. The smallest absolute Gasteiger partial charge is 0.141 e. The molecule has 0 aliphatic heterocycles. The van der Waals surface area contributed by atoms with Gasteiger partial charge in [-0.05, 0) is 134 Å². The molecule has 3 heteroatoms. The summed E-state index contributed by atoms with van der Waals surface area (Å²) in [5.74, 6) is 0.292. The Kier molecular flexibility index (Phi) is 10.8. The number of fused-ring (bicyclic) bond motifs is 2. The van der Waals surface area contributed by atoms with Gasteiger partial charge in [0.05, 0.1) is 10.6 Å². The minimum Gasteiger partial charge on any atom is -0.375 e. The first-order chi connectivity index (χ1) is 21.4. The molecule has 1 nitrogen and oxygen atoms in total. The Morgan fingerprint density at radius 3 is 2.27 bits per heavy atom. The average molecular weight is 612 g/mol. The third-order valence-corrected chi connectivity index (χ3v) is 11.2. The van der Waals surface area contributed by atoms with E-state index in [2.05, 4.69) is 80.9 Å². The fourth-order valence-electron chi connectivity index (χ4n) is 8.39. The highest BCUT2D eigenvalue weighted by Crippen LogP contribution is 2.57. The molecule has 0 heterocycles. The van der Waals surface area contributed by atoms with Gasteiger partial charge in [0.25, 0.3) is 0 Å². The van der Waals surface area contributed by atoms with Gasteiger partial charge in [-0.2, -0.15) is 0 Å². The van der Waals surface area contributed by atoms with E-state index in [1.807, 2.05) is 6.07 Å². The van der Waals surface area contributed by atoms with Crippen LogP contribution in [-0.2, 0) is 31.1 Å². The van der Waals surface area contributed by atoms with Crippen molar-refractivity contribution in [3.8, 4) is 0 Å². The lowest BCUT2D eigenvalue weighted by Crippen LogP contribution is -2.49. The van der Waals surface area contributed by atoms with Gasteiger partial charge in [-0.25, -0.2) is 4.39 Å². The molecule has 3 aromatic rings.